The zero-order valence-corrected chi connectivity index (χ0v) is 8.59. The fourth-order valence-corrected chi connectivity index (χ4v) is 2.49. The lowest BCUT2D eigenvalue weighted by Gasteiger charge is -1.90. The summed E-state index contributed by atoms with van der Waals surface area (Å²) >= 11 is 2.87. The van der Waals surface area contributed by atoms with Gasteiger partial charge in [0.25, 0.3) is 0 Å². The standard InChI is InChI=1S/C7H10N2OS2/c1-4(10)6-7(11-2)9-5(3-8)12-6/h3,8H2,1-2H3. The van der Waals surface area contributed by atoms with Gasteiger partial charge in [-0.15, -0.1) is 23.1 Å². The Hall–Kier alpha value is -0.390. The summed E-state index contributed by atoms with van der Waals surface area (Å²) < 4.78 is 0. The Morgan fingerprint density at radius 1 is 1.75 bits per heavy atom. The van der Waals surface area contributed by atoms with E-state index in [1.54, 1.807) is 6.92 Å². The molecule has 66 valence electrons. The molecule has 0 saturated heterocycles. The average Bonchev–Trinajstić information content (AvgIpc) is 2.47. The molecule has 0 bridgehead atoms. The molecular formula is C7H10N2OS2. The second kappa shape index (κ2) is 4.02. The van der Waals surface area contributed by atoms with Crippen molar-refractivity contribution in [1.82, 2.24) is 4.98 Å². The van der Waals surface area contributed by atoms with Crippen LogP contribution >= 0.6 is 23.1 Å². The third-order valence-corrected chi connectivity index (χ3v) is 3.32. The van der Waals surface area contributed by atoms with Gasteiger partial charge in [0.1, 0.15) is 14.9 Å². The Morgan fingerprint density at radius 3 is 2.75 bits per heavy atom. The minimum Gasteiger partial charge on any atom is -0.325 e. The van der Waals surface area contributed by atoms with Gasteiger partial charge in [-0.3, -0.25) is 4.79 Å². The van der Waals surface area contributed by atoms with Crippen LogP contribution in [0.1, 0.15) is 21.6 Å². The number of hydrogen-bond acceptors (Lipinski definition) is 5. The van der Waals surface area contributed by atoms with Crippen molar-refractivity contribution in [1.29, 1.82) is 0 Å². The number of rotatable bonds is 3. The van der Waals surface area contributed by atoms with E-state index < -0.39 is 0 Å². The number of hydrogen-bond donors (Lipinski definition) is 1. The van der Waals surface area contributed by atoms with Crippen LogP contribution in [-0.4, -0.2) is 17.0 Å². The van der Waals surface area contributed by atoms with Crippen LogP contribution in [0.5, 0.6) is 0 Å². The molecule has 3 nitrogen and oxygen atoms in total. The number of nitrogens with zero attached hydrogens (tertiary/aromatic N) is 1. The molecule has 0 saturated carbocycles. The van der Waals surface area contributed by atoms with E-state index in [1.807, 2.05) is 6.26 Å². The number of thiazole rings is 1. The summed E-state index contributed by atoms with van der Waals surface area (Å²) in [5.74, 6) is 0.0663. The molecule has 0 unspecified atom stereocenters. The molecule has 1 aromatic heterocycles. The summed E-state index contributed by atoms with van der Waals surface area (Å²) in [5.41, 5.74) is 5.41. The molecule has 5 heteroatoms. The van der Waals surface area contributed by atoms with Gasteiger partial charge in [0.05, 0.1) is 0 Å². The third-order valence-electron chi connectivity index (χ3n) is 1.33. The largest absolute Gasteiger partial charge is 0.325 e. The van der Waals surface area contributed by atoms with Crippen molar-refractivity contribution in [3.8, 4) is 0 Å². The summed E-state index contributed by atoms with van der Waals surface area (Å²) in [6.07, 6.45) is 1.90. The normalized spacial score (nSPS) is 10.2. The van der Waals surface area contributed by atoms with E-state index in [9.17, 15) is 4.79 Å². The highest BCUT2D eigenvalue weighted by Crippen LogP contribution is 2.25. The first kappa shape index (κ1) is 9.70. The van der Waals surface area contributed by atoms with Crippen molar-refractivity contribution in [3.05, 3.63) is 9.88 Å². The van der Waals surface area contributed by atoms with Crippen molar-refractivity contribution in [2.45, 2.75) is 18.5 Å². The van der Waals surface area contributed by atoms with Crippen LogP contribution in [0.2, 0.25) is 0 Å². The van der Waals surface area contributed by atoms with Crippen LogP contribution < -0.4 is 5.73 Å². The summed E-state index contributed by atoms with van der Waals surface area (Å²) in [7, 11) is 0. The van der Waals surface area contributed by atoms with Crippen LogP contribution in [0.4, 0.5) is 0 Å². The van der Waals surface area contributed by atoms with Crippen LogP contribution in [0.3, 0.4) is 0 Å². The zero-order chi connectivity index (χ0) is 9.14. The van der Waals surface area contributed by atoms with Crippen molar-refractivity contribution < 1.29 is 4.79 Å². The second-order valence-corrected chi connectivity index (χ2v) is 4.08. The highest BCUT2D eigenvalue weighted by atomic mass is 32.2. The summed E-state index contributed by atoms with van der Waals surface area (Å²) in [4.78, 5) is 16.0. The number of aromatic nitrogens is 1. The quantitative estimate of drug-likeness (QED) is 0.596. The predicted molar refractivity (Wildman–Crippen MR) is 51.8 cm³/mol. The van der Waals surface area contributed by atoms with Gasteiger partial charge in [-0.25, -0.2) is 4.98 Å². The van der Waals surface area contributed by atoms with Crippen LogP contribution in [0, 0.1) is 0 Å². The Balaban J connectivity index is 3.08. The van der Waals surface area contributed by atoms with Crippen LogP contribution in [0.25, 0.3) is 0 Å². The molecule has 0 amide bonds. The monoisotopic (exact) mass is 202 g/mol. The molecule has 2 N–H and O–H groups in total. The number of nitrogens with two attached hydrogens (primary N) is 1. The lowest BCUT2D eigenvalue weighted by molar-refractivity contribution is 0.101. The molecule has 0 aliphatic heterocycles. The number of carbonyl (C=O) groups excluding carboxylic acids is 1. The number of Topliss-reactive ketones (excluding diaryl/α,β-unsaturated/α-hetero) is 1. The first-order valence-corrected chi connectivity index (χ1v) is 5.48. The molecule has 1 heterocycles. The number of ketones is 1. The van der Waals surface area contributed by atoms with Crippen LogP contribution in [-0.2, 0) is 6.54 Å². The van der Waals surface area contributed by atoms with E-state index >= 15 is 0 Å². The fraction of sp³-hybridized carbons (Fsp3) is 0.429. The highest BCUT2D eigenvalue weighted by molar-refractivity contribution is 7.98. The second-order valence-electron chi connectivity index (χ2n) is 2.21. The van der Waals surface area contributed by atoms with Crippen molar-refractivity contribution in [2.75, 3.05) is 6.26 Å². The number of thioether (sulfide) groups is 1. The van der Waals surface area contributed by atoms with Gasteiger partial charge in [-0.05, 0) is 6.26 Å². The van der Waals surface area contributed by atoms with Gasteiger partial charge in [0.15, 0.2) is 5.78 Å². The van der Waals surface area contributed by atoms with Gasteiger partial charge in [0, 0.05) is 13.5 Å². The van der Waals surface area contributed by atoms with E-state index in [0.29, 0.717) is 6.54 Å². The highest BCUT2D eigenvalue weighted by Gasteiger charge is 2.12. The summed E-state index contributed by atoms with van der Waals surface area (Å²) in [5, 5.41) is 1.62. The Labute approximate surface area is 79.4 Å². The Morgan fingerprint density at radius 2 is 2.42 bits per heavy atom. The van der Waals surface area contributed by atoms with Crippen LogP contribution in [0.15, 0.2) is 5.03 Å². The van der Waals surface area contributed by atoms with E-state index in [2.05, 4.69) is 4.98 Å². The van der Waals surface area contributed by atoms with Gasteiger partial charge < -0.3 is 5.73 Å². The molecule has 1 aromatic rings. The van der Waals surface area contributed by atoms with E-state index in [-0.39, 0.29) is 5.78 Å². The van der Waals surface area contributed by atoms with Crippen molar-refractivity contribution >= 4 is 28.9 Å². The number of carbonyl (C=O) groups is 1. The third kappa shape index (κ3) is 1.85. The molecule has 0 atom stereocenters. The molecule has 0 aliphatic carbocycles. The van der Waals surface area contributed by atoms with Gasteiger partial charge in [-0.1, -0.05) is 0 Å². The Kier molecular flexibility index (Phi) is 3.25. The lowest BCUT2D eigenvalue weighted by atomic mass is 10.4. The van der Waals surface area contributed by atoms with E-state index in [4.69, 9.17) is 5.73 Å². The molecule has 0 aliphatic rings. The predicted octanol–water partition coefficient (Wildman–Crippen LogP) is 1.53. The molecular weight excluding hydrogens is 192 g/mol. The van der Waals surface area contributed by atoms with Crippen molar-refractivity contribution in [3.63, 3.8) is 0 Å². The van der Waals surface area contributed by atoms with Gasteiger partial charge in [0.2, 0.25) is 0 Å². The first-order chi connectivity index (χ1) is 5.69. The Bertz CT molecular complexity index is 296. The molecule has 0 aromatic carbocycles. The zero-order valence-electron chi connectivity index (χ0n) is 6.96. The molecule has 0 fully saturated rings. The topological polar surface area (TPSA) is 56.0 Å². The first-order valence-electron chi connectivity index (χ1n) is 3.43. The maximum Gasteiger partial charge on any atom is 0.172 e. The van der Waals surface area contributed by atoms with E-state index in [0.717, 1.165) is 14.9 Å². The smallest absolute Gasteiger partial charge is 0.172 e. The minimum absolute atomic E-state index is 0.0663. The van der Waals surface area contributed by atoms with Gasteiger partial charge in [-0.2, -0.15) is 0 Å². The average molecular weight is 202 g/mol. The molecule has 0 spiro atoms. The summed E-state index contributed by atoms with van der Waals surface area (Å²) in [6.45, 7) is 1.96. The maximum absolute atomic E-state index is 11.1. The summed E-state index contributed by atoms with van der Waals surface area (Å²) in [6, 6.07) is 0. The maximum atomic E-state index is 11.1. The van der Waals surface area contributed by atoms with Gasteiger partial charge >= 0.3 is 0 Å². The molecule has 1 rings (SSSR count). The van der Waals surface area contributed by atoms with Crippen molar-refractivity contribution in [2.24, 2.45) is 5.73 Å². The van der Waals surface area contributed by atoms with E-state index in [1.165, 1.54) is 23.1 Å². The fourth-order valence-electron chi connectivity index (χ4n) is 0.796. The molecule has 0 radical (unpaired) electrons. The SMILES string of the molecule is CSc1nc(CN)sc1C(C)=O. The minimum atomic E-state index is 0.0663. The molecule has 12 heavy (non-hydrogen) atoms. The lowest BCUT2D eigenvalue weighted by Crippen LogP contribution is -1.94.